The third-order valence-corrected chi connectivity index (χ3v) is 4.63. The first kappa shape index (κ1) is 15.9. The molecule has 3 rings (SSSR count). The quantitative estimate of drug-likeness (QED) is 0.873. The lowest BCUT2D eigenvalue weighted by molar-refractivity contribution is -0.132. The fourth-order valence-corrected chi connectivity index (χ4v) is 3.29. The van der Waals surface area contributed by atoms with Crippen molar-refractivity contribution in [2.45, 2.75) is 13.0 Å². The Labute approximate surface area is 140 Å². The molecule has 1 aliphatic rings. The Morgan fingerprint density at radius 2 is 2.00 bits per heavy atom. The molecule has 0 aromatic carbocycles. The summed E-state index contributed by atoms with van der Waals surface area (Å²) in [6.07, 6.45) is 3.84. The van der Waals surface area contributed by atoms with Crippen LogP contribution in [0.15, 0.2) is 35.3 Å². The number of nitrogens with one attached hydrogen (secondary N) is 1. The molecule has 1 fully saturated rings. The number of amides is 1. The predicted octanol–water partition coefficient (Wildman–Crippen LogP) is 1.68. The highest BCUT2D eigenvalue weighted by Gasteiger charge is 2.20. The van der Waals surface area contributed by atoms with Gasteiger partial charge in [0.25, 0.3) is 0 Å². The van der Waals surface area contributed by atoms with E-state index in [1.165, 1.54) is 5.56 Å². The Morgan fingerprint density at radius 1 is 1.22 bits per heavy atom. The SMILES string of the molecule is O=C(CCNc1ncccn1)N1CCN(Cc2ccsc2)CC1. The van der Waals surface area contributed by atoms with Gasteiger partial charge in [0.2, 0.25) is 11.9 Å². The lowest BCUT2D eigenvalue weighted by atomic mass is 10.2. The van der Waals surface area contributed by atoms with E-state index in [0.717, 1.165) is 32.7 Å². The van der Waals surface area contributed by atoms with E-state index in [-0.39, 0.29) is 5.91 Å². The van der Waals surface area contributed by atoms with Gasteiger partial charge in [0, 0.05) is 58.1 Å². The van der Waals surface area contributed by atoms with Gasteiger partial charge in [-0.05, 0) is 28.5 Å². The molecule has 1 saturated heterocycles. The maximum absolute atomic E-state index is 12.2. The third-order valence-electron chi connectivity index (χ3n) is 3.90. The van der Waals surface area contributed by atoms with E-state index in [2.05, 4.69) is 37.0 Å². The molecule has 0 radical (unpaired) electrons. The molecular weight excluding hydrogens is 310 g/mol. The fourth-order valence-electron chi connectivity index (χ4n) is 2.63. The summed E-state index contributed by atoms with van der Waals surface area (Å²) in [5.74, 6) is 0.768. The van der Waals surface area contributed by atoms with Crippen LogP contribution in [0.2, 0.25) is 0 Å². The minimum absolute atomic E-state index is 0.198. The lowest BCUT2D eigenvalue weighted by Gasteiger charge is -2.34. The number of carbonyl (C=O) groups excluding carboxylic acids is 1. The van der Waals surface area contributed by atoms with E-state index in [4.69, 9.17) is 0 Å². The molecule has 0 aliphatic carbocycles. The maximum Gasteiger partial charge on any atom is 0.224 e. The molecule has 7 heteroatoms. The number of carbonyl (C=O) groups is 1. The van der Waals surface area contributed by atoms with Gasteiger partial charge in [0.1, 0.15) is 0 Å². The smallest absolute Gasteiger partial charge is 0.224 e. The molecule has 2 aromatic rings. The van der Waals surface area contributed by atoms with E-state index >= 15 is 0 Å². The van der Waals surface area contributed by atoms with Crippen LogP contribution < -0.4 is 5.32 Å². The Morgan fingerprint density at radius 3 is 2.70 bits per heavy atom. The highest BCUT2D eigenvalue weighted by molar-refractivity contribution is 7.07. The van der Waals surface area contributed by atoms with E-state index in [0.29, 0.717) is 18.9 Å². The van der Waals surface area contributed by atoms with Crippen LogP contribution >= 0.6 is 11.3 Å². The minimum atomic E-state index is 0.198. The monoisotopic (exact) mass is 331 g/mol. The lowest BCUT2D eigenvalue weighted by Crippen LogP contribution is -2.48. The van der Waals surface area contributed by atoms with Crippen LogP contribution in [0.3, 0.4) is 0 Å². The van der Waals surface area contributed by atoms with Crippen molar-refractivity contribution in [3.63, 3.8) is 0 Å². The van der Waals surface area contributed by atoms with Gasteiger partial charge in [-0.15, -0.1) is 0 Å². The molecule has 1 N–H and O–H groups in total. The number of rotatable bonds is 6. The van der Waals surface area contributed by atoms with Gasteiger partial charge in [-0.3, -0.25) is 9.69 Å². The van der Waals surface area contributed by atoms with Crippen LogP contribution in [0.5, 0.6) is 0 Å². The van der Waals surface area contributed by atoms with Crippen LogP contribution in [0.25, 0.3) is 0 Å². The number of aromatic nitrogens is 2. The number of piperazine rings is 1. The predicted molar refractivity (Wildman–Crippen MR) is 91.3 cm³/mol. The van der Waals surface area contributed by atoms with Crippen molar-refractivity contribution in [1.82, 2.24) is 19.8 Å². The van der Waals surface area contributed by atoms with Gasteiger partial charge in [0.05, 0.1) is 0 Å². The highest BCUT2D eigenvalue weighted by Crippen LogP contribution is 2.12. The third kappa shape index (κ3) is 4.74. The largest absolute Gasteiger partial charge is 0.354 e. The molecule has 0 saturated carbocycles. The van der Waals surface area contributed by atoms with Crippen molar-refractivity contribution >= 4 is 23.2 Å². The fraction of sp³-hybridized carbons (Fsp3) is 0.438. The maximum atomic E-state index is 12.2. The zero-order valence-corrected chi connectivity index (χ0v) is 13.8. The molecule has 0 bridgehead atoms. The number of hydrogen-bond acceptors (Lipinski definition) is 6. The number of thiophene rings is 1. The van der Waals surface area contributed by atoms with Crippen molar-refractivity contribution in [3.8, 4) is 0 Å². The van der Waals surface area contributed by atoms with Gasteiger partial charge in [-0.25, -0.2) is 9.97 Å². The molecule has 2 aromatic heterocycles. The second-order valence-corrected chi connectivity index (χ2v) is 6.32. The van der Waals surface area contributed by atoms with Crippen molar-refractivity contribution < 1.29 is 4.79 Å². The normalized spacial score (nSPS) is 15.6. The van der Waals surface area contributed by atoms with Crippen molar-refractivity contribution in [2.24, 2.45) is 0 Å². The molecule has 0 atom stereocenters. The summed E-state index contributed by atoms with van der Waals surface area (Å²) < 4.78 is 0. The van der Waals surface area contributed by atoms with E-state index in [9.17, 15) is 4.79 Å². The van der Waals surface area contributed by atoms with E-state index < -0.39 is 0 Å². The number of anilines is 1. The summed E-state index contributed by atoms with van der Waals surface area (Å²) in [5, 5.41) is 7.37. The second kappa shape index (κ2) is 8.03. The van der Waals surface area contributed by atoms with Gasteiger partial charge in [-0.1, -0.05) is 0 Å². The Bertz CT molecular complexity index is 596. The molecule has 3 heterocycles. The zero-order chi connectivity index (χ0) is 15.9. The Balaban J connectivity index is 1.36. The molecule has 0 unspecified atom stereocenters. The van der Waals surface area contributed by atoms with Gasteiger partial charge < -0.3 is 10.2 Å². The van der Waals surface area contributed by atoms with Crippen LogP contribution in [-0.2, 0) is 11.3 Å². The number of hydrogen-bond donors (Lipinski definition) is 1. The summed E-state index contributed by atoms with van der Waals surface area (Å²) in [5.41, 5.74) is 1.36. The second-order valence-electron chi connectivity index (χ2n) is 5.54. The molecule has 6 nitrogen and oxygen atoms in total. The Hall–Kier alpha value is -1.99. The van der Waals surface area contributed by atoms with Crippen molar-refractivity contribution in [3.05, 3.63) is 40.8 Å². The first-order valence-corrected chi connectivity index (χ1v) is 8.77. The first-order valence-electron chi connectivity index (χ1n) is 7.83. The molecular formula is C16H21N5OS. The van der Waals surface area contributed by atoms with Crippen molar-refractivity contribution in [2.75, 3.05) is 38.0 Å². The minimum Gasteiger partial charge on any atom is -0.354 e. The summed E-state index contributed by atoms with van der Waals surface area (Å²) in [7, 11) is 0. The summed E-state index contributed by atoms with van der Waals surface area (Å²) in [4.78, 5) is 24.8. The molecule has 0 spiro atoms. The van der Waals surface area contributed by atoms with Crippen LogP contribution in [-0.4, -0.2) is 58.4 Å². The average Bonchev–Trinajstić information content (AvgIpc) is 3.09. The van der Waals surface area contributed by atoms with Crippen LogP contribution in [0.1, 0.15) is 12.0 Å². The van der Waals surface area contributed by atoms with Gasteiger partial charge >= 0.3 is 0 Å². The van der Waals surface area contributed by atoms with E-state index in [1.54, 1.807) is 29.8 Å². The van der Waals surface area contributed by atoms with Crippen LogP contribution in [0.4, 0.5) is 5.95 Å². The molecule has 1 amide bonds. The molecule has 23 heavy (non-hydrogen) atoms. The summed E-state index contributed by atoms with van der Waals surface area (Å²) in [6, 6.07) is 3.94. The standard InChI is InChI=1S/C16H21N5OS/c22-15(2-6-19-16-17-4-1-5-18-16)21-9-7-20(8-10-21)12-14-3-11-23-13-14/h1,3-5,11,13H,2,6-10,12H2,(H,17,18,19). The topological polar surface area (TPSA) is 61.4 Å². The Kier molecular flexibility index (Phi) is 5.55. The van der Waals surface area contributed by atoms with Gasteiger partial charge in [0.15, 0.2) is 0 Å². The van der Waals surface area contributed by atoms with Crippen molar-refractivity contribution in [1.29, 1.82) is 0 Å². The molecule has 1 aliphatic heterocycles. The average molecular weight is 331 g/mol. The summed E-state index contributed by atoms with van der Waals surface area (Å²) >= 11 is 1.73. The molecule has 122 valence electrons. The van der Waals surface area contributed by atoms with Crippen LogP contribution in [0, 0.1) is 0 Å². The first-order chi connectivity index (χ1) is 11.3. The van der Waals surface area contributed by atoms with E-state index in [1.807, 2.05) is 4.90 Å². The summed E-state index contributed by atoms with van der Waals surface area (Å²) in [6.45, 7) is 5.06. The zero-order valence-electron chi connectivity index (χ0n) is 13.0. The van der Waals surface area contributed by atoms with Gasteiger partial charge in [-0.2, -0.15) is 11.3 Å². The highest BCUT2D eigenvalue weighted by atomic mass is 32.1. The number of nitrogens with zero attached hydrogens (tertiary/aromatic N) is 4.